The van der Waals surface area contributed by atoms with Crippen LogP contribution in [0.25, 0.3) is 0 Å². The normalized spacial score (nSPS) is 17.4. The Morgan fingerprint density at radius 2 is 1.93 bits per heavy atom. The smallest absolute Gasteiger partial charge is 0.0536 e. The van der Waals surface area contributed by atoms with Crippen LogP contribution in [0.15, 0.2) is 12.4 Å². The Kier molecular flexibility index (Phi) is 3.07. The summed E-state index contributed by atoms with van der Waals surface area (Å²) in [4.78, 5) is 0. The molecule has 14 heavy (non-hydrogen) atoms. The molecule has 0 aromatic rings. The molecule has 0 atom stereocenters. The first-order valence-corrected chi connectivity index (χ1v) is 5.03. The van der Waals surface area contributed by atoms with Crippen molar-refractivity contribution in [2.45, 2.75) is 45.2 Å². The molecular weight excluding hydrogens is 176 g/mol. The van der Waals surface area contributed by atoms with Crippen LogP contribution in [-0.2, 0) is 0 Å². The Hall–Kier alpha value is -0.740. The maximum absolute atomic E-state index is 3.32. The molecule has 0 aromatic heterocycles. The lowest BCUT2D eigenvalue weighted by Gasteiger charge is -2.40. The first-order valence-electron chi connectivity index (χ1n) is 5.03. The summed E-state index contributed by atoms with van der Waals surface area (Å²) in [5.74, 6) is 0. The van der Waals surface area contributed by atoms with Crippen molar-refractivity contribution in [2.75, 3.05) is 7.05 Å². The Morgan fingerprint density at radius 3 is 2.36 bits per heavy atom. The molecule has 0 saturated heterocycles. The topological polar surface area (TPSA) is 39.3 Å². The maximum Gasteiger partial charge on any atom is 0.0536 e. The van der Waals surface area contributed by atoms with E-state index >= 15 is 0 Å². The predicted molar refractivity (Wildman–Crippen MR) is 59.1 cm³/mol. The van der Waals surface area contributed by atoms with Gasteiger partial charge in [0.2, 0.25) is 0 Å². The number of hydrogen-bond acceptors (Lipinski definition) is 4. The highest BCUT2D eigenvalue weighted by Crippen LogP contribution is 2.25. The van der Waals surface area contributed by atoms with Crippen LogP contribution < -0.4 is 16.3 Å². The van der Waals surface area contributed by atoms with Gasteiger partial charge in [-0.25, -0.2) is 0 Å². The van der Waals surface area contributed by atoms with Crippen LogP contribution >= 0.6 is 0 Å². The molecule has 4 heteroatoms. The zero-order valence-corrected chi connectivity index (χ0v) is 9.81. The van der Waals surface area contributed by atoms with Gasteiger partial charge in [-0.1, -0.05) is 0 Å². The minimum Gasteiger partial charge on any atom is -0.315 e. The van der Waals surface area contributed by atoms with Crippen LogP contribution in [0.3, 0.4) is 0 Å². The van der Waals surface area contributed by atoms with E-state index in [1.165, 1.54) is 0 Å². The molecule has 0 spiro atoms. The van der Waals surface area contributed by atoms with Crippen molar-refractivity contribution in [3.63, 3.8) is 0 Å². The Labute approximate surface area is 86.7 Å². The molecule has 0 amide bonds. The van der Waals surface area contributed by atoms with Gasteiger partial charge in [-0.3, -0.25) is 5.01 Å². The molecule has 0 aliphatic carbocycles. The molecule has 4 nitrogen and oxygen atoms in total. The number of nitrogens with one attached hydrogen (secondary N) is 3. The zero-order valence-electron chi connectivity index (χ0n) is 9.81. The first kappa shape index (κ1) is 11.3. The van der Waals surface area contributed by atoms with Crippen LogP contribution in [0.1, 0.15) is 34.1 Å². The van der Waals surface area contributed by atoms with E-state index in [9.17, 15) is 0 Å². The average molecular weight is 198 g/mol. The van der Waals surface area contributed by atoms with Gasteiger partial charge in [0.25, 0.3) is 0 Å². The van der Waals surface area contributed by atoms with Gasteiger partial charge in [-0.2, -0.15) is 0 Å². The summed E-state index contributed by atoms with van der Waals surface area (Å²) in [6.07, 6.45) is 4.97. The summed E-state index contributed by atoms with van der Waals surface area (Å²) in [6.45, 7) is 8.86. The second-order valence-electron chi connectivity index (χ2n) is 5.06. The van der Waals surface area contributed by atoms with Crippen LogP contribution in [0.4, 0.5) is 0 Å². The van der Waals surface area contributed by atoms with E-state index in [4.69, 9.17) is 0 Å². The van der Waals surface area contributed by atoms with E-state index in [0.717, 1.165) is 6.42 Å². The van der Waals surface area contributed by atoms with Gasteiger partial charge in [0.15, 0.2) is 0 Å². The summed E-state index contributed by atoms with van der Waals surface area (Å²) in [5.41, 5.74) is 6.26. The summed E-state index contributed by atoms with van der Waals surface area (Å²) < 4.78 is 0. The minimum atomic E-state index is 0.0759. The Bertz CT molecular complexity index is 220. The van der Waals surface area contributed by atoms with Crippen LogP contribution in [0.5, 0.6) is 0 Å². The lowest BCUT2D eigenvalue weighted by molar-refractivity contribution is 0.0872. The van der Waals surface area contributed by atoms with E-state index in [1.807, 2.05) is 19.4 Å². The third-order valence-electron chi connectivity index (χ3n) is 2.70. The number of hydrogen-bond donors (Lipinski definition) is 3. The van der Waals surface area contributed by atoms with Crippen molar-refractivity contribution < 1.29 is 0 Å². The third-order valence-corrected chi connectivity index (χ3v) is 2.70. The molecule has 0 radical (unpaired) electrons. The van der Waals surface area contributed by atoms with Crippen molar-refractivity contribution in [3.8, 4) is 0 Å². The summed E-state index contributed by atoms with van der Waals surface area (Å²) >= 11 is 0. The van der Waals surface area contributed by atoms with Gasteiger partial charge in [-0.05, 0) is 41.2 Å². The van der Waals surface area contributed by atoms with E-state index in [2.05, 4.69) is 49.0 Å². The molecule has 0 fully saturated rings. The lowest BCUT2D eigenvalue weighted by Crippen LogP contribution is -2.54. The molecule has 0 unspecified atom stereocenters. The molecule has 0 bridgehead atoms. The SMILES string of the molecule is CNC(C)(C)CC(C)(C)N1C=CNN1. The Morgan fingerprint density at radius 1 is 1.29 bits per heavy atom. The van der Waals surface area contributed by atoms with Crippen molar-refractivity contribution in [3.05, 3.63) is 12.4 Å². The molecule has 3 N–H and O–H groups in total. The van der Waals surface area contributed by atoms with Gasteiger partial charge >= 0.3 is 0 Å². The Balaban J connectivity index is 2.60. The monoisotopic (exact) mass is 198 g/mol. The minimum absolute atomic E-state index is 0.0759. The summed E-state index contributed by atoms with van der Waals surface area (Å²) in [7, 11) is 2.00. The number of nitrogens with zero attached hydrogens (tertiary/aromatic N) is 1. The maximum atomic E-state index is 3.32. The van der Waals surface area contributed by atoms with Gasteiger partial charge in [0, 0.05) is 17.9 Å². The van der Waals surface area contributed by atoms with E-state index in [1.54, 1.807) is 0 Å². The predicted octanol–water partition coefficient (Wildman–Crippen LogP) is 0.949. The van der Waals surface area contributed by atoms with Gasteiger partial charge in [-0.15, -0.1) is 5.53 Å². The van der Waals surface area contributed by atoms with Crippen LogP contribution in [0, 0.1) is 0 Å². The zero-order chi connectivity index (χ0) is 10.8. The highest BCUT2D eigenvalue weighted by atomic mass is 15.7. The van der Waals surface area contributed by atoms with Gasteiger partial charge in [0.05, 0.1) is 5.54 Å². The van der Waals surface area contributed by atoms with Crippen LogP contribution in [-0.4, -0.2) is 23.1 Å². The fraction of sp³-hybridized carbons (Fsp3) is 0.800. The third kappa shape index (κ3) is 2.62. The number of hydrazine groups is 2. The quantitative estimate of drug-likeness (QED) is 0.629. The fourth-order valence-electron chi connectivity index (χ4n) is 1.86. The molecule has 0 saturated carbocycles. The summed E-state index contributed by atoms with van der Waals surface area (Å²) in [5, 5.41) is 5.41. The average Bonchev–Trinajstić information content (AvgIpc) is 2.54. The van der Waals surface area contributed by atoms with Crippen molar-refractivity contribution in [1.29, 1.82) is 0 Å². The van der Waals surface area contributed by atoms with Gasteiger partial charge in [0.1, 0.15) is 0 Å². The molecule has 0 aromatic carbocycles. The molecule has 1 rings (SSSR count). The van der Waals surface area contributed by atoms with Crippen LogP contribution in [0.2, 0.25) is 0 Å². The number of rotatable bonds is 4. The second-order valence-corrected chi connectivity index (χ2v) is 5.06. The lowest BCUT2D eigenvalue weighted by atomic mass is 9.87. The largest absolute Gasteiger partial charge is 0.315 e. The molecule has 82 valence electrons. The summed E-state index contributed by atoms with van der Waals surface area (Å²) in [6, 6.07) is 0. The fourth-order valence-corrected chi connectivity index (χ4v) is 1.86. The van der Waals surface area contributed by atoms with Crippen molar-refractivity contribution in [1.82, 2.24) is 21.3 Å². The molecular formula is C10H22N4. The standard InChI is InChI=1S/C10H22N4/c1-9(2,11-5)8-10(3,4)14-7-6-12-13-14/h6-7,11-13H,8H2,1-5H3. The highest BCUT2D eigenvalue weighted by molar-refractivity contribution is 4.96. The van der Waals surface area contributed by atoms with Crippen molar-refractivity contribution >= 4 is 0 Å². The van der Waals surface area contributed by atoms with Crippen molar-refractivity contribution in [2.24, 2.45) is 0 Å². The van der Waals surface area contributed by atoms with E-state index < -0.39 is 0 Å². The molecule has 1 aliphatic rings. The molecule has 1 aliphatic heterocycles. The first-order chi connectivity index (χ1) is 6.37. The highest BCUT2D eigenvalue weighted by Gasteiger charge is 2.32. The van der Waals surface area contributed by atoms with E-state index in [-0.39, 0.29) is 11.1 Å². The molecule has 1 heterocycles. The second kappa shape index (κ2) is 3.79. The van der Waals surface area contributed by atoms with Gasteiger partial charge < -0.3 is 10.7 Å². The van der Waals surface area contributed by atoms with E-state index in [0.29, 0.717) is 0 Å².